The van der Waals surface area contributed by atoms with E-state index >= 15 is 0 Å². The van der Waals surface area contributed by atoms with Crippen LogP contribution in [0.1, 0.15) is 31.4 Å². The van der Waals surface area contributed by atoms with Gasteiger partial charge in [0.25, 0.3) is 0 Å². The van der Waals surface area contributed by atoms with Gasteiger partial charge in [-0.05, 0) is 24.6 Å². The molecule has 0 saturated carbocycles. The Hall–Kier alpha value is -1.34. The monoisotopic (exact) mass is 320 g/mol. The first kappa shape index (κ1) is 17.0. The highest BCUT2D eigenvalue weighted by molar-refractivity contribution is 5.32. The van der Waals surface area contributed by atoms with Crippen LogP contribution in [0, 0.1) is 5.82 Å². The fourth-order valence-electron chi connectivity index (χ4n) is 2.78. The van der Waals surface area contributed by atoms with Crippen LogP contribution in [-0.4, -0.2) is 37.4 Å². The van der Waals surface area contributed by atoms with Gasteiger partial charge in [0.05, 0.1) is 0 Å². The smallest absolute Gasteiger partial charge is 0.406 e. The summed E-state index contributed by atoms with van der Waals surface area (Å²) in [5.74, 6) is -0.869. The molecule has 1 fully saturated rings. The molecule has 1 aromatic rings. The molecule has 124 valence electrons. The molecule has 0 radical (unpaired) electrons. The molecule has 0 unspecified atom stereocenters. The Balaban J connectivity index is 2.27. The van der Waals surface area contributed by atoms with Crippen molar-refractivity contribution in [2.45, 2.75) is 32.2 Å². The third-order valence-corrected chi connectivity index (χ3v) is 3.71. The molecular weight excluding hydrogens is 300 g/mol. The van der Waals surface area contributed by atoms with E-state index in [4.69, 9.17) is 0 Å². The SMILES string of the molecule is CCC[C@@H](c1cc(OC(F)(F)F)ccc1F)N1CCNCC1. The van der Waals surface area contributed by atoms with E-state index < -0.39 is 12.2 Å². The number of rotatable bonds is 5. The van der Waals surface area contributed by atoms with E-state index in [0.717, 1.165) is 44.7 Å². The molecule has 0 aliphatic carbocycles. The number of alkyl halides is 3. The average Bonchev–Trinajstić information content (AvgIpc) is 2.46. The predicted octanol–water partition coefficient (Wildman–Crippen LogP) is 3.47. The van der Waals surface area contributed by atoms with Gasteiger partial charge in [-0.3, -0.25) is 4.90 Å². The zero-order chi connectivity index (χ0) is 16.2. The summed E-state index contributed by atoms with van der Waals surface area (Å²) in [5, 5.41) is 3.21. The van der Waals surface area contributed by atoms with E-state index in [2.05, 4.69) is 15.0 Å². The van der Waals surface area contributed by atoms with Gasteiger partial charge in [-0.2, -0.15) is 0 Å². The molecule has 1 atom stereocenters. The highest BCUT2D eigenvalue weighted by Gasteiger charge is 2.32. The summed E-state index contributed by atoms with van der Waals surface area (Å²) in [6, 6.07) is 2.99. The van der Waals surface area contributed by atoms with Crippen LogP contribution in [0.15, 0.2) is 18.2 Å². The number of halogens is 4. The van der Waals surface area contributed by atoms with Gasteiger partial charge < -0.3 is 10.1 Å². The van der Waals surface area contributed by atoms with E-state index in [-0.39, 0.29) is 17.4 Å². The molecule has 0 aromatic heterocycles. The van der Waals surface area contributed by atoms with Gasteiger partial charge in [-0.15, -0.1) is 13.2 Å². The summed E-state index contributed by atoms with van der Waals surface area (Å²) in [4.78, 5) is 2.11. The summed E-state index contributed by atoms with van der Waals surface area (Å²) in [5.41, 5.74) is 0.269. The second-order valence-corrected chi connectivity index (χ2v) is 5.32. The third-order valence-electron chi connectivity index (χ3n) is 3.71. The highest BCUT2D eigenvalue weighted by atomic mass is 19.4. The normalized spacial score (nSPS) is 18.2. The molecule has 0 amide bonds. The molecule has 0 bridgehead atoms. The molecule has 7 heteroatoms. The van der Waals surface area contributed by atoms with Crippen molar-refractivity contribution in [1.29, 1.82) is 0 Å². The van der Waals surface area contributed by atoms with Gasteiger partial charge in [-0.25, -0.2) is 4.39 Å². The van der Waals surface area contributed by atoms with Crippen LogP contribution in [0.4, 0.5) is 17.6 Å². The third kappa shape index (κ3) is 4.58. The number of hydrogen-bond acceptors (Lipinski definition) is 3. The second kappa shape index (κ2) is 7.28. The lowest BCUT2D eigenvalue weighted by molar-refractivity contribution is -0.274. The second-order valence-electron chi connectivity index (χ2n) is 5.32. The first-order valence-electron chi connectivity index (χ1n) is 7.40. The standard InChI is InChI=1S/C15H20F4N2O/c1-2-3-14(21-8-6-20-7-9-21)12-10-11(4-5-13(12)16)22-15(17,18)19/h4-5,10,14,20H,2-3,6-9H2,1H3/t14-/m0/s1. The van der Waals surface area contributed by atoms with Crippen LogP contribution in [0.25, 0.3) is 0 Å². The first-order chi connectivity index (χ1) is 10.4. The Morgan fingerprint density at radius 3 is 2.55 bits per heavy atom. The van der Waals surface area contributed by atoms with Crippen molar-refractivity contribution in [3.8, 4) is 5.75 Å². The first-order valence-corrected chi connectivity index (χ1v) is 7.40. The van der Waals surface area contributed by atoms with E-state index in [1.165, 1.54) is 6.07 Å². The maximum Gasteiger partial charge on any atom is 0.573 e. The minimum absolute atomic E-state index is 0.233. The fraction of sp³-hybridized carbons (Fsp3) is 0.600. The largest absolute Gasteiger partial charge is 0.573 e. The number of nitrogens with zero attached hydrogens (tertiary/aromatic N) is 1. The van der Waals surface area contributed by atoms with Gasteiger partial charge in [0.15, 0.2) is 0 Å². The van der Waals surface area contributed by atoms with E-state index in [9.17, 15) is 17.6 Å². The van der Waals surface area contributed by atoms with Crippen LogP contribution >= 0.6 is 0 Å². The molecule has 1 aromatic carbocycles. The van der Waals surface area contributed by atoms with E-state index in [1.54, 1.807) is 0 Å². The molecule has 1 aliphatic rings. The quantitative estimate of drug-likeness (QED) is 0.841. The van der Waals surface area contributed by atoms with Gasteiger partial charge in [0.1, 0.15) is 11.6 Å². The lowest BCUT2D eigenvalue weighted by Crippen LogP contribution is -2.45. The summed E-state index contributed by atoms with van der Waals surface area (Å²) < 4.78 is 55.1. The summed E-state index contributed by atoms with van der Waals surface area (Å²) >= 11 is 0. The molecule has 1 aliphatic heterocycles. The zero-order valence-electron chi connectivity index (χ0n) is 12.4. The van der Waals surface area contributed by atoms with E-state index in [0.29, 0.717) is 6.42 Å². The number of hydrogen-bond donors (Lipinski definition) is 1. The molecule has 22 heavy (non-hydrogen) atoms. The molecule has 0 spiro atoms. The molecule has 3 nitrogen and oxygen atoms in total. The maximum absolute atomic E-state index is 14.2. The predicted molar refractivity (Wildman–Crippen MR) is 75.2 cm³/mol. The van der Waals surface area contributed by atoms with Gasteiger partial charge in [-0.1, -0.05) is 13.3 Å². The van der Waals surface area contributed by atoms with Gasteiger partial charge in [0, 0.05) is 37.8 Å². The molecule has 1 saturated heterocycles. The summed E-state index contributed by atoms with van der Waals surface area (Å²) in [6.45, 7) is 5.05. The van der Waals surface area contributed by atoms with Crippen molar-refractivity contribution in [2.75, 3.05) is 26.2 Å². The van der Waals surface area contributed by atoms with Gasteiger partial charge >= 0.3 is 6.36 Å². The molecule has 1 heterocycles. The Labute approximate surface area is 127 Å². The van der Waals surface area contributed by atoms with Crippen molar-refractivity contribution >= 4 is 0 Å². The number of nitrogens with one attached hydrogen (secondary N) is 1. The van der Waals surface area contributed by atoms with Crippen molar-refractivity contribution < 1.29 is 22.3 Å². The van der Waals surface area contributed by atoms with Crippen LogP contribution in [0.5, 0.6) is 5.75 Å². The zero-order valence-corrected chi connectivity index (χ0v) is 12.4. The Bertz CT molecular complexity index is 487. The number of piperazine rings is 1. The Morgan fingerprint density at radius 1 is 1.27 bits per heavy atom. The Kier molecular flexibility index (Phi) is 5.63. The van der Waals surface area contributed by atoms with Crippen LogP contribution in [0.2, 0.25) is 0 Å². The van der Waals surface area contributed by atoms with Crippen molar-refractivity contribution in [1.82, 2.24) is 10.2 Å². The average molecular weight is 320 g/mol. The lowest BCUT2D eigenvalue weighted by Gasteiger charge is -2.35. The van der Waals surface area contributed by atoms with E-state index in [1.807, 2.05) is 6.92 Å². The number of ether oxygens (including phenoxy) is 1. The van der Waals surface area contributed by atoms with Crippen LogP contribution in [0.3, 0.4) is 0 Å². The van der Waals surface area contributed by atoms with Crippen molar-refractivity contribution in [2.24, 2.45) is 0 Å². The Morgan fingerprint density at radius 2 is 1.95 bits per heavy atom. The fourth-order valence-corrected chi connectivity index (χ4v) is 2.78. The highest BCUT2D eigenvalue weighted by Crippen LogP contribution is 2.32. The van der Waals surface area contributed by atoms with Crippen molar-refractivity contribution in [3.05, 3.63) is 29.6 Å². The summed E-state index contributed by atoms with van der Waals surface area (Å²) in [7, 11) is 0. The van der Waals surface area contributed by atoms with Gasteiger partial charge in [0.2, 0.25) is 0 Å². The van der Waals surface area contributed by atoms with Crippen LogP contribution < -0.4 is 10.1 Å². The minimum atomic E-state index is -4.77. The maximum atomic E-state index is 14.2. The molecule has 1 N–H and O–H groups in total. The van der Waals surface area contributed by atoms with Crippen LogP contribution in [-0.2, 0) is 0 Å². The number of benzene rings is 1. The molecular formula is C15H20F4N2O. The molecule has 2 rings (SSSR count). The summed E-state index contributed by atoms with van der Waals surface area (Å²) in [6.07, 6.45) is -3.27. The topological polar surface area (TPSA) is 24.5 Å². The van der Waals surface area contributed by atoms with Crippen molar-refractivity contribution in [3.63, 3.8) is 0 Å². The lowest BCUT2D eigenvalue weighted by atomic mass is 9.99. The minimum Gasteiger partial charge on any atom is -0.406 e.